The lowest BCUT2D eigenvalue weighted by Gasteiger charge is -2.08. The molecule has 0 radical (unpaired) electrons. The van der Waals surface area contributed by atoms with Crippen LogP contribution in [0.5, 0.6) is 0 Å². The van der Waals surface area contributed by atoms with Gasteiger partial charge in [-0.15, -0.1) is 0 Å². The molecule has 0 atom stereocenters. The molecule has 0 amide bonds. The summed E-state index contributed by atoms with van der Waals surface area (Å²) in [5.74, 6) is 0. The van der Waals surface area contributed by atoms with Crippen molar-refractivity contribution in [2.75, 3.05) is 4.72 Å². The number of aromatic amines is 1. The van der Waals surface area contributed by atoms with Gasteiger partial charge in [-0.3, -0.25) is 9.40 Å². The SMILES string of the molecule is CCn1cc(S(=O)(=O)Nc2ccc(Cl)c3c(C#N)c[nH]c23)cn1. The van der Waals surface area contributed by atoms with E-state index in [1.54, 1.807) is 12.1 Å². The molecule has 0 saturated carbocycles. The van der Waals surface area contributed by atoms with E-state index in [1.165, 1.54) is 23.3 Å². The number of benzene rings is 1. The van der Waals surface area contributed by atoms with Crippen LogP contribution in [0.15, 0.2) is 35.6 Å². The Bertz CT molecular complexity index is 1030. The minimum absolute atomic E-state index is 0.0644. The number of aryl methyl sites for hydroxylation is 1. The number of nitrogens with one attached hydrogen (secondary N) is 2. The number of H-pyrrole nitrogens is 1. The van der Waals surface area contributed by atoms with Crippen LogP contribution in [-0.2, 0) is 16.6 Å². The molecule has 7 nitrogen and oxygen atoms in total. The average molecular weight is 350 g/mol. The molecule has 3 aromatic rings. The van der Waals surface area contributed by atoms with Gasteiger partial charge < -0.3 is 4.98 Å². The monoisotopic (exact) mass is 349 g/mol. The number of nitriles is 1. The summed E-state index contributed by atoms with van der Waals surface area (Å²) in [7, 11) is -3.78. The standard InChI is InChI=1S/C14H12ClN5O2S/c1-2-20-8-10(7-18-20)23(21,22)19-12-4-3-11(15)13-9(5-16)6-17-14(12)13/h3-4,6-8,17,19H,2H2,1H3. The minimum Gasteiger partial charge on any atom is -0.358 e. The van der Waals surface area contributed by atoms with E-state index in [-0.39, 0.29) is 4.90 Å². The molecule has 0 unspecified atom stereocenters. The fourth-order valence-electron chi connectivity index (χ4n) is 2.24. The number of hydrogen-bond acceptors (Lipinski definition) is 4. The maximum atomic E-state index is 12.5. The van der Waals surface area contributed by atoms with Gasteiger partial charge in [0.1, 0.15) is 11.0 Å². The number of anilines is 1. The Labute approximate surface area is 137 Å². The molecule has 1 aromatic carbocycles. The highest BCUT2D eigenvalue weighted by molar-refractivity contribution is 7.92. The van der Waals surface area contributed by atoms with E-state index in [0.717, 1.165) is 0 Å². The third kappa shape index (κ3) is 2.65. The predicted octanol–water partition coefficient (Wildman–Crippen LogP) is 2.71. The maximum Gasteiger partial charge on any atom is 0.265 e. The van der Waals surface area contributed by atoms with Crippen molar-refractivity contribution in [2.45, 2.75) is 18.4 Å². The second-order valence-corrected chi connectivity index (χ2v) is 6.89. The molecule has 0 saturated heterocycles. The molecule has 0 aliphatic heterocycles. The summed E-state index contributed by atoms with van der Waals surface area (Å²) in [5.41, 5.74) is 1.13. The van der Waals surface area contributed by atoms with Crippen molar-refractivity contribution in [3.05, 3.63) is 41.3 Å². The van der Waals surface area contributed by atoms with Crippen LogP contribution in [0.3, 0.4) is 0 Å². The first-order chi connectivity index (χ1) is 11.0. The number of nitrogens with zero attached hydrogens (tertiary/aromatic N) is 3. The van der Waals surface area contributed by atoms with Crippen LogP contribution >= 0.6 is 11.6 Å². The first-order valence-corrected chi connectivity index (χ1v) is 8.57. The molecule has 9 heteroatoms. The van der Waals surface area contributed by atoms with Crippen LogP contribution in [0, 0.1) is 11.3 Å². The minimum atomic E-state index is -3.78. The number of halogens is 1. The Balaban J connectivity index is 2.06. The average Bonchev–Trinajstić information content (AvgIpc) is 3.16. The molecular formula is C14H12ClN5O2S. The number of hydrogen-bond donors (Lipinski definition) is 2. The van der Waals surface area contributed by atoms with Gasteiger partial charge in [0.25, 0.3) is 10.0 Å². The second kappa shape index (κ2) is 5.61. The van der Waals surface area contributed by atoms with Crippen molar-refractivity contribution >= 4 is 38.2 Å². The molecule has 0 spiro atoms. The zero-order chi connectivity index (χ0) is 16.6. The van der Waals surface area contributed by atoms with Crippen molar-refractivity contribution in [3.8, 4) is 6.07 Å². The molecule has 0 fully saturated rings. The summed E-state index contributed by atoms with van der Waals surface area (Å²) in [6.07, 6.45) is 4.22. The zero-order valence-corrected chi connectivity index (χ0v) is 13.6. The number of sulfonamides is 1. The highest BCUT2D eigenvalue weighted by atomic mass is 35.5. The van der Waals surface area contributed by atoms with E-state index in [2.05, 4.69) is 14.8 Å². The molecule has 23 heavy (non-hydrogen) atoms. The van der Waals surface area contributed by atoms with Gasteiger partial charge in [0.2, 0.25) is 0 Å². The lowest BCUT2D eigenvalue weighted by atomic mass is 10.1. The number of fused-ring (bicyclic) bond motifs is 1. The van der Waals surface area contributed by atoms with Gasteiger partial charge in [-0.05, 0) is 19.1 Å². The maximum absolute atomic E-state index is 12.5. The molecule has 2 N–H and O–H groups in total. The Morgan fingerprint density at radius 2 is 2.26 bits per heavy atom. The third-order valence-corrected chi connectivity index (χ3v) is 5.03. The zero-order valence-electron chi connectivity index (χ0n) is 12.0. The van der Waals surface area contributed by atoms with Crippen molar-refractivity contribution in [1.82, 2.24) is 14.8 Å². The topological polar surface area (TPSA) is 104 Å². The van der Waals surface area contributed by atoms with Crippen molar-refractivity contribution in [1.29, 1.82) is 5.26 Å². The summed E-state index contributed by atoms with van der Waals surface area (Å²) >= 11 is 6.10. The van der Waals surface area contributed by atoms with Gasteiger partial charge in [-0.25, -0.2) is 8.42 Å². The largest absolute Gasteiger partial charge is 0.358 e. The van der Waals surface area contributed by atoms with E-state index in [1.807, 2.05) is 13.0 Å². The fraction of sp³-hybridized carbons (Fsp3) is 0.143. The Morgan fingerprint density at radius 3 is 2.91 bits per heavy atom. The molecule has 2 heterocycles. The molecule has 3 rings (SSSR count). The third-order valence-electron chi connectivity index (χ3n) is 3.39. The second-order valence-electron chi connectivity index (χ2n) is 4.80. The van der Waals surface area contributed by atoms with Gasteiger partial charge in [0.15, 0.2) is 0 Å². The molecule has 118 valence electrons. The summed E-state index contributed by atoms with van der Waals surface area (Å²) in [5, 5.41) is 13.9. The lowest BCUT2D eigenvalue weighted by molar-refractivity contribution is 0.600. The normalized spacial score (nSPS) is 11.5. The van der Waals surface area contributed by atoms with E-state index in [9.17, 15) is 8.42 Å². The summed E-state index contributed by atoms with van der Waals surface area (Å²) in [4.78, 5) is 2.95. The molecule has 0 bridgehead atoms. The van der Waals surface area contributed by atoms with Crippen LogP contribution in [0.1, 0.15) is 12.5 Å². The van der Waals surface area contributed by atoms with Crippen LogP contribution in [0.2, 0.25) is 5.02 Å². The van der Waals surface area contributed by atoms with Crippen LogP contribution < -0.4 is 4.72 Å². The first kappa shape index (κ1) is 15.4. The van der Waals surface area contributed by atoms with Crippen molar-refractivity contribution in [2.24, 2.45) is 0 Å². The van der Waals surface area contributed by atoms with Crippen LogP contribution in [0.25, 0.3) is 10.9 Å². The quantitative estimate of drug-likeness (QED) is 0.755. The van der Waals surface area contributed by atoms with Gasteiger partial charge in [0.05, 0.1) is 28.0 Å². The van der Waals surface area contributed by atoms with E-state index in [4.69, 9.17) is 16.9 Å². The Hall–Kier alpha value is -2.50. The van der Waals surface area contributed by atoms with Gasteiger partial charge >= 0.3 is 0 Å². The van der Waals surface area contributed by atoms with Crippen LogP contribution in [-0.4, -0.2) is 23.2 Å². The highest BCUT2D eigenvalue weighted by Gasteiger charge is 2.19. The van der Waals surface area contributed by atoms with E-state index < -0.39 is 10.0 Å². The van der Waals surface area contributed by atoms with Crippen molar-refractivity contribution < 1.29 is 8.42 Å². The molecular weight excluding hydrogens is 338 g/mol. The Morgan fingerprint density at radius 1 is 1.48 bits per heavy atom. The van der Waals surface area contributed by atoms with Gasteiger partial charge in [0, 0.05) is 24.3 Å². The number of aromatic nitrogens is 3. The van der Waals surface area contributed by atoms with E-state index >= 15 is 0 Å². The molecule has 0 aliphatic carbocycles. The fourth-order valence-corrected chi connectivity index (χ4v) is 3.52. The summed E-state index contributed by atoms with van der Waals surface area (Å²) in [6.45, 7) is 2.44. The van der Waals surface area contributed by atoms with Gasteiger partial charge in [-0.1, -0.05) is 11.6 Å². The smallest absolute Gasteiger partial charge is 0.265 e. The van der Waals surface area contributed by atoms with Crippen molar-refractivity contribution in [3.63, 3.8) is 0 Å². The van der Waals surface area contributed by atoms with Gasteiger partial charge in [-0.2, -0.15) is 10.4 Å². The molecule has 0 aliphatic rings. The summed E-state index contributed by atoms with van der Waals surface area (Å²) < 4.78 is 28.9. The lowest BCUT2D eigenvalue weighted by Crippen LogP contribution is -2.12. The number of rotatable bonds is 4. The highest BCUT2D eigenvalue weighted by Crippen LogP contribution is 2.32. The predicted molar refractivity (Wildman–Crippen MR) is 86.7 cm³/mol. The first-order valence-electron chi connectivity index (χ1n) is 6.71. The van der Waals surface area contributed by atoms with Crippen LogP contribution in [0.4, 0.5) is 5.69 Å². The Kier molecular flexibility index (Phi) is 3.75. The molecule has 2 aromatic heterocycles. The van der Waals surface area contributed by atoms with E-state index in [0.29, 0.717) is 33.7 Å². The summed E-state index contributed by atoms with van der Waals surface area (Å²) in [6, 6.07) is 5.11.